The van der Waals surface area contributed by atoms with E-state index in [0.717, 1.165) is 11.1 Å². The minimum atomic E-state index is -0.876. The molecule has 1 atom stereocenters. The summed E-state index contributed by atoms with van der Waals surface area (Å²) in [6, 6.07) is 20.5. The number of H-pyrrole nitrogens is 1. The Morgan fingerprint density at radius 2 is 1.85 bits per heavy atom. The van der Waals surface area contributed by atoms with E-state index in [-0.39, 0.29) is 17.5 Å². The molecule has 12 heteroatoms. The Balaban J connectivity index is 1.37. The molecule has 10 nitrogen and oxygen atoms in total. The van der Waals surface area contributed by atoms with Crippen molar-refractivity contribution in [1.29, 1.82) is 0 Å². The van der Waals surface area contributed by atoms with E-state index in [1.807, 2.05) is 36.4 Å². The number of benzene rings is 3. The van der Waals surface area contributed by atoms with Crippen LogP contribution in [0.3, 0.4) is 0 Å². The van der Waals surface area contributed by atoms with Gasteiger partial charge in [0.15, 0.2) is 5.15 Å². The number of aromatic amines is 1. The number of carbonyl (C=O) groups is 1. The highest BCUT2D eigenvalue weighted by Gasteiger charge is 2.24. The molecule has 0 spiro atoms. The molecule has 40 heavy (non-hydrogen) atoms. The number of nitrogens with one attached hydrogen (secondary N) is 2. The standard InChI is InChI=1S/C28H20Cl2N8O2/c29-18-6-9-24(38-14-26(30)35-36-38)20(11-18)22-13-27(39)37(16-33-22)25(10-17-4-2-1-3-5-17)28(40)34-19-7-8-21-23(12-19)32-15-31-21/h1-9,11-16,25H,10H2,(H,31,32)(H,34,40)/t25-/m0/s1. The first kappa shape index (κ1) is 25.5. The third-order valence-corrected chi connectivity index (χ3v) is 6.79. The predicted octanol–water partition coefficient (Wildman–Crippen LogP) is 5.10. The zero-order valence-corrected chi connectivity index (χ0v) is 22.2. The molecule has 1 amide bonds. The summed E-state index contributed by atoms with van der Waals surface area (Å²) in [6.45, 7) is 0. The average Bonchev–Trinajstić information content (AvgIpc) is 3.61. The molecule has 3 heterocycles. The highest BCUT2D eigenvalue weighted by atomic mass is 35.5. The maximum atomic E-state index is 13.6. The number of hydrogen-bond donors (Lipinski definition) is 2. The minimum absolute atomic E-state index is 0.213. The molecular weight excluding hydrogens is 551 g/mol. The molecule has 2 N–H and O–H groups in total. The molecule has 0 aliphatic carbocycles. The van der Waals surface area contributed by atoms with Gasteiger partial charge in [0, 0.05) is 28.8 Å². The Morgan fingerprint density at radius 3 is 2.62 bits per heavy atom. The number of aromatic nitrogens is 7. The Kier molecular flexibility index (Phi) is 6.85. The first-order valence-corrected chi connectivity index (χ1v) is 12.9. The zero-order chi connectivity index (χ0) is 27.6. The van der Waals surface area contributed by atoms with Crippen molar-refractivity contribution in [3.8, 4) is 16.9 Å². The molecule has 0 radical (unpaired) electrons. The molecule has 0 aliphatic rings. The van der Waals surface area contributed by atoms with Crippen LogP contribution in [0.4, 0.5) is 5.69 Å². The fourth-order valence-corrected chi connectivity index (χ4v) is 4.75. The number of halogens is 2. The fourth-order valence-electron chi connectivity index (χ4n) is 4.46. The van der Waals surface area contributed by atoms with Crippen molar-refractivity contribution in [2.45, 2.75) is 12.5 Å². The van der Waals surface area contributed by atoms with Crippen molar-refractivity contribution in [1.82, 2.24) is 34.5 Å². The Labute approximate surface area is 237 Å². The maximum absolute atomic E-state index is 13.6. The summed E-state index contributed by atoms with van der Waals surface area (Å²) in [5.74, 6) is -0.365. The summed E-state index contributed by atoms with van der Waals surface area (Å²) >= 11 is 12.2. The largest absolute Gasteiger partial charge is 0.345 e. The van der Waals surface area contributed by atoms with Gasteiger partial charge in [-0.2, -0.15) is 0 Å². The molecule has 6 rings (SSSR count). The Bertz CT molecular complexity index is 1900. The van der Waals surface area contributed by atoms with Crippen LogP contribution >= 0.6 is 23.2 Å². The normalized spacial score (nSPS) is 11.9. The van der Waals surface area contributed by atoms with Crippen molar-refractivity contribution in [3.63, 3.8) is 0 Å². The predicted molar refractivity (Wildman–Crippen MR) is 153 cm³/mol. The lowest BCUT2D eigenvalue weighted by molar-refractivity contribution is -0.119. The van der Waals surface area contributed by atoms with Crippen LogP contribution in [0.25, 0.3) is 28.0 Å². The Morgan fingerprint density at radius 1 is 1.00 bits per heavy atom. The van der Waals surface area contributed by atoms with Gasteiger partial charge in [-0.05, 0) is 42.0 Å². The molecular formula is C28H20Cl2N8O2. The first-order valence-electron chi connectivity index (χ1n) is 12.2. The lowest BCUT2D eigenvalue weighted by atomic mass is 10.0. The number of imidazole rings is 1. The number of hydrogen-bond acceptors (Lipinski definition) is 6. The number of nitrogens with zero attached hydrogens (tertiary/aromatic N) is 6. The second-order valence-electron chi connectivity index (χ2n) is 9.00. The summed E-state index contributed by atoms with van der Waals surface area (Å²) in [7, 11) is 0. The van der Waals surface area contributed by atoms with Crippen molar-refractivity contribution < 1.29 is 4.79 Å². The molecule has 0 saturated carbocycles. The molecule has 0 aliphatic heterocycles. The summed E-state index contributed by atoms with van der Waals surface area (Å²) in [5, 5.41) is 11.4. The molecule has 0 fully saturated rings. The molecule has 6 aromatic rings. The average molecular weight is 571 g/mol. The summed E-state index contributed by atoms with van der Waals surface area (Å²) < 4.78 is 2.80. The lowest BCUT2D eigenvalue weighted by Gasteiger charge is -2.20. The van der Waals surface area contributed by atoms with Crippen LogP contribution in [0.15, 0.2) is 96.4 Å². The zero-order valence-electron chi connectivity index (χ0n) is 20.7. The number of anilines is 1. The van der Waals surface area contributed by atoms with Crippen molar-refractivity contribution in [2.24, 2.45) is 0 Å². The van der Waals surface area contributed by atoms with Gasteiger partial charge in [-0.1, -0.05) is 58.7 Å². The van der Waals surface area contributed by atoms with Gasteiger partial charge in [-0.3, -0.25) is 14.2 Å². The van der Waals surface area contributed by atoms with E-state index in [9.17, 15) is 9.59 Å². The van der Waals surface area contributed by atoms with Crippen LogP contribution in [0.5, 0.6) is 0 Å². The van der Waals surface area contributed by atoms with Crippen LogP contribution < -0.4 is 10.9 Å². The van der Waals surface area contributed by atoms with Crippen LogP contribution in [0, 0.1) is 0 Å². The number of carbonyl (C=O) groups excluding carboxylic acids is 1. The smallest absolute Gasteiger partial charge is 0.254 e. The monoisotopic (exact) mass is 570 g/mol. The molecule has 0 saturated heterocycles. The van der Waals surface area contributed by atoms with Crippen molar-refractivity contribution in [3.05, 3.63) is 118 Å². The van der Waals surface area contributed by atoms with Gasteiger partial charge < -0.3 is 10.3 Å². The molecule has 3 aromatic carbocycles. The highest BCUT2D eigenvalue weighted by Crippen LogP contribution is 2.28. The number of fused-ring (bicyclic) bond motifs is 1. The van der Waals surface area contributed by atoms with Gasteiger partial charge in [0.05, 0.1) is 41.3 Å². The quantitative estimate of drug-likeness (QED) is 0.275. The second kappa shape index (κ2) is 10.8. The molecule has 3 aromatic heterocycles. The van der Waals surface area contributed by atoms with Crippen LogP contribution in [-0.4, -0.2) is 40.4 Å². The maximum Gasteiger partial charge on any atom is 0.254 e. The van der Waals surface area contributed by atoms with Crippen LogP contribution in [0.2, 0.25) is 10.2 Å². The van der Waals surface area contributed by atoms with Gasteiger partial charge in [0.2, 0.25) is 5.91 Å². The highest BCUT2D eigenvalue weighted by molar-refractivity contribution is 6.31. The van der Waals surface area contributed by atoms with Gasteiger partial charge in [-0.15, -0.1) is 5.10 Å². The van der Waals surface area contributed by atoms with Gasteiger partial charge in [0.25, 0.3) is 5.56 Å². The minimum Gasteiger partial charge on any atom is -0.345 e. The van der Waals surface area contributed by atoms with Crippen LogP contribution in [0.1, 0.15) is 11.6 Å². The third kappa shape index (κ3) is 5.22. The lowest BCUT2D eigenvalue weighted by Crippen LogP contribution is -2.34. The Hall–Kier alpha value is -4.80. The first-order chi connectivity index (χ1) is 19.4. The summed E-state index contributed by atoms with van der Waals surface area (Å²) in [5.41, 5.74) is 4.10. The molecule has 198 valence electrons. The van der Waals surface area contributed by atoms with Gasteiger partial charge in [0.1, 0.15) is 6.04 Å². The van der Waals surface area contributed by atoms with E-state index < -0.39 is 11.6 Å². The van der Waals surface area contributed by atoms with E-state index in [0.29, 0.717) is 33.2 Å². The fraction of sp³-hybridized carbons (Fsp3) is 0.0714. The van der Waals surface area contributed by atoms with E-state index in [1.165, 1.54) is 27.8 Å². The van der Waals surface area contributed by atoms with E-state index in [1.54, 1.807) is 36.7 Å². The van der Waals surface area contributed by atoms with Crippen LogP contribution in [-0.2, 0) is 11.2 Å². The van der Waals surface area contributed by atoms with E-state index in [2.05, 4.69) is 30.6 Å². The second-order valence-corrected chi connectivity index (χ2v) is 9.82. The topological polar surface area (TPSA) is 123 Å². The van der Waals surface area contributed by atoms with E-state index >= 15 is 0 Å². The number of amides is 1. The van der Waals surface area contributed by atoms with Crippen molar-refractivity contribution >= 4 is 45.8 Å². The van der Waals surface area contributed by atoms with Crippen molar-refractivity contribution in [2.75, 3.05) is 5.32 Å². The summed E-state index contributed by atoms with van der Waals surface area (Å²) in [6.07, 6.45) is 4.78. The third-order valence-electron chi connectivity index (χ3n) is 6.38. The van der Waals surface area contributed by atoms with E-state index in [4.69, 9.17) is 23.2 Å². The number of rotatable bonds is 7. The molecule has 0 bridgehead atoms. The van der Waals surface area contributed by atoms with Gasteiger partial charge in [-0.25, -0.2) is 14.6 Å². The molecule has 0 unspecified atom stereocenters. The SMILES string of the molecule is O=C(Nc1ccc2[nH]cnc2c1)[C@H](Cc1ccccc1)n1cnc(-c2cc(Cl)ccc2-n2cc(Cl)nn2)cc1=O. The summed E-state index contributed by atoms with van der Waals surface area (Å²) in [4.78, 5) is 38.9. The van der Waals surface area contributed by atoms with Gasteiger partial charge >= 0.3 is 0 Å².